The number of rotatable bonds is 8. The average Bonchev–Trinajstić information content (AvgIpc) is 1.63. The van der Waals surface area contributed by atoms with Crippen molar-refractivity contribution in [1.29, 1.82) is 0 Å². The molecule has 1 aliphatic heterocycles. The molecule has 17 rings (SSSR count). The number of pyridine rings is 4. The Bertz CT molecular complexity index is 5000. The first kappa shape index (κ1) is 85.0. The molecule has 8 nitrogen and oxygen atoms in total. The summed E-state index contributed by atoms with van der Waals surface area (Å²) in [6, 6.07) is 126. The minimum atomic E-state index is -0.379. The van der Waals surface area contributed by atoms with Crippen LogP contribution in [0.1, 0.15) is 11.1 Å². The van der Waals surface area contributed by atoms with E-state index in [0.29, 0.717) is 22.5 Å². The van der Waals surface area contributed by atoms with Crippen LogP contribution in [0.15, 0.2) is 334 Å². The first-order valence-corrected chi connectivity index (χ1v) is 34.9. The molecule has 0 spiro atoms. The number of aryl methyl sites for hydroxylation is 2. The Kier molecular flexibility index (Phi) is 35.4. The van der Waals surface area contributed by atoms with Gasteiger partial charge in [-0.2, -0.15) is 6.67 Å². The number of nitrogens with zero attached hydrogens (tertiary/aromatic N) is 8. The topological polar surface area (TPSA) is 76.5 Å². The Hall–Kier alpha value is -11.2. The van der Waals surface area contributed by atoms with E-state index in [1.807, 2.05) is 306 Å². The maximum Gasteiger partial charge on any atom is 3.00 e. The molecular weight excluding hydrogens is 1550 g/mol. The zero-order valence-electron chi connectivity index (χ0n) is 59.3. The number of aromatic nitrogens is 5. The third-order valence-corrected chi connectivity index (χ3v) is 15.8. The molecule has 0 saturated carbocycles. The van der Waals surface area contributed by atoms with Crippen LogP contribution in [0, 0.1) is 87.3 Å². The van der Waals surface area contributed by atoms with Crippen LogP contribution in [0.25, 0.3) is 117 Å². The van der Waals surface area contributed by atoms with E-state index in [-0.39, 0.29) is 61.1 Å². The fourth-order valence-electron chi connectivity index (χ4n) is 10.7. The van der Waals surface area contributed by atoms with Crippen molar-refractivity contribution in [1.82, 2.24) is 34.7 Å². The van der Waals surface area contributed by atoms with E-state index in [1.54, 1.807) is 24.3 Å². The first-order valence-electron chi connectivity index (χ1n) is 33.5. The zero-order valence-corrected chi connectivity index (χ0v) is 64.0. The summed E-state index contributed by atoms with van der Waals surface area (Å²) in [6.45, 7) is 12.8. The van der Waals surface area contributed by atoms with Gasteiger partial charge in [-0.25, -0.2) is 13.6 Å². The van der Waals surface area contributed by atoms with Gasteiger partial charge >= 0.3 is 74.2 Å². The molecule has 11 aromatic carbocycles. The molecule has 1 aliphatic rings. The minimum Gasteiger partial charge on any atom is -0.657 e. The van der Waals surface area contributed by atoms with Crippen molar-refractivity contribution in [2.75, 3.05) is 14.1 Å². The smallest absolute Gasteiger partial charge is 0.657 e. The van der Waals surface area contributed by atoms with E-state index in [1.165, 1.54) is 22.9 Å². The molecule has 0 saturated heterocycles. The number of hydrogen-bond acceptors (Lipinski definition) is 6. The Labute approximate surface area is 681 Å². The second-order valence-electron chi connectivity index (χ2n) is 23.4. The van der Waals surface area contributed by atoms with Crippen LogP contribution in [-0.2, 0) is 64.0 Å². The molecule has 109 heavy (non-hydrogen) atoms. The third kappa shape index (κ3) is 25.7. The van der Waals surface area contributed by atoms with Gasteiger partial charge in [-0.1, -0.05) is 140 Å². The predicted molar refractivity (Wildman–Crippen MR) is 423 cm³/mol. The maximum absolute atomic E-state index is 13.2. The van der Waals surface area contributed by atoms with Crippen LogP contribution in [0.4, 0.5) is 14.5 Å². The molecule has 0 unspecified atom stereocenters. The maximum atomic E-state index is 13.2. The molecule has 546 valence electrons. The fraction of sp³-hybridized carbons (Fsp3) is 0.0426. The molecule has 0 amide bonds. The van der Waals surface area contributed by atoms with Crippen molar-refractivity contribution in [2.24, 2.45) is 0 Å². The van der Waals surface area contributed by atoms with Gasteiger partial charge in [-0.15, -0.1) is 286 Å². The molecule has 0 fully saturated rings. The van der Waals surface area contributed by atoms with Gasteiger partial charge in [0.05, 0.1) is 6.57 Å². The molecule has 16 aromatic rings. The SMILES string of the molecule is CN1C=CN(C)[CH-]1.Fc1[c-]c(-c2cccc(-c3[c-]cccc3)n2)ccc1.Fc1[c-]c(-c2cccc(-c3[c-]cccc3)n2)ccc1.[C-]#[N+]c1c(C)cccc1C.[Cl][Ni].[Ni+3].[Ni+3].[Ni+3].[c-]1ccccc1-c1cccc(-c2[c-]cccc2)n1.[c-]1ccccc1-c1cccc(-c2[c-]cccc2)n1.c1ccc2c(c1)[n-]c1ccccc12. The van der Waals surface area contributed by atoms with Crippen molar-refractivity contribution in [3.05, 3.63) is 423 Å². The molecular formula is C94H68ClF2N8Ni4-. The summed E-state index contributed by atoms with van der Waals surface area (Å²) in [5, 5.41) is 2.50. The Balaban J connectivity index is 0.000000178. The molecule has 6 heterocycles. The van der Waals surface area contributed by atoms with Gasteiger partial charge in [0.2, 0.25) is 0 Å². The summed E-state index contributed by atoms with van der Waals surface area (Å²) in [4.78, 5) is 30.3. The van der Waals surface area contributed by atoms with Gasteiger partial charge in [0.15, 0.2) is 5.69 Å². The van der Waals surface area contributed by atoms with Crippen LogP contribution in [-0.4, -0.2) is 43.8 Å². The van der Waals surface area contributed by atoms with Gasteiger partial charge in [0.25, 0.3) is 0 Å². The Morgan fingerprint density at radius 3 is 0.807 bits per heavy atom. The van der Waals surface area contributed by atoms with Crippen molar-refractivity contribution in [2.45, 2.75) is 13.8 Å². The summed E-state index contributed by atoms with van der Waals surface area (Å²) in [7, 11) is 8.26. The quantitative estimate of drug-likeness (QED) is 0.111. The van der Waals surface area contributed by atoms with E-state index in [9.17, 15) is 8.78 Å². The number of benzene rings is 11. The van der Waals surface area contributed by atoms with Crippen molar-refractivity contribution < 1.29 is 72.8 Å². The normalized spacial score (nSPS) is 10.4. The molecule has 5 aromatic heterocycles. The Morgan fingerprint density at radius 1 is 0.339 bits per heavy atom. The van der Waals surface area contributed by atoms with Crippen LogP contribution in [0.5, 0.6) is 0 Å². The largest absolute Gasteiger partial charge is 3.00 e. The average molecular weight is 1620 g/mol. The van der Waals surface area contributed by atoms with Gasteiger partial charge in [-0.3, -0.25) is 0 Å². The molecule has 0 atom stereocenters. The third-order valence-electron chi connectivity index (χ3n) is 15.8. The Morgan fingerprint density at radius 2 is 0.578 bits per heavy atom. The fourth-order valence-corrected chi connectivity index (χ4v) is 10.7. The van der Waals surface area contributed by atoms with Crippen molar-refractivity contribution in [3.8, 4) is 90.1 Å². The molecule has 3 radical (unpaired) electrons. The second-order valence-corrected chi connectivity index (χ2v) is 23.4. The van der Waals surface area contributed by atoms with Gasteiger partial charge in [0, 0.05) is 11.6 Å². The van der Waals surface area contributed by atoms with Gasteiger partial charge in [0.1, 0.15) is 0 Å². The van der Waals surface area contributed by atoms with Gasteiger partial charge < -0.3 is 34.7 Å². The summed E-state index contributed by atoms with van der Waals surface area (Å²) in [5.41, 5.74) is 19.1. The predicted octanol–water partition coefficient (Wildman–Crippen LogP) is 23.3. The standard InChI is InChI=1S/2C17H10FN.2C17H11N.C12H8N.C9H9N.C5H9N2.ClH.4Ni/c2*18-15-9-4-8-14(12-15)17-11-5-10-16(19-17)13-6-2-1-3-7-13;2*1-3-8-14(9-4-1)16-12-7-13-17(18-16)15-10-5-2-6-11-15;1-3-7-11-9(5-1)10-6-2-4-8-12(10)13-11;1-7-5-4-6-8(2)9(7)10-3;1-6-3-4-7(2)5-6;;;;;/h2*1-6,8-11H;2*1-8,10,12-13H;1-8H;4-6H,1-2H3;3-5H,1-2H3;1H;;;;/q4*-2;-1;;-1;;+1;3*+3/p-1. The number of hydrogen-bond donors (Lipinski definition) is 0. The van der Waals surface area contributed by atoms with E-state index in [2.05, 4.69) is 139 Å². The van der Waals surface area contributed by atoms with E-state index in [4.69, 9.17) is 6.57 Å². The number of para-hydroxylation sites is 3. The first-order chi connectivity index (χ1) is 52.0. The zero-order chi connectivity index (χ0) is 74.1. The monoisotopic (exact) mass is 1610 g/mol. The minimum absolute atomic E-state index is 0. The molecule has 0 bridgehead atoms. The van der Waals surface area contributed by atoms with Crippen LogP contribution in [0.2, 0.25) is 0 Å². The summed E-state index contributed by atoms with van der Waals surface area (Å²) < 4.78 is 26.4. The molecule has 0 N–H and O–H groups in total. The van der Waals surface area contributed by atoms with Crippen molar-refractivity contribution in [3.63, 3.8) is 0 Å². The number of halogens is 3. The van der Waals surface area contributed by atoms with E-state index < -0.39 is 0 Å². The van der Waals surface area contributed by atoms with Crippen LogP contribution >= 0.6 is 10.2 Å². The van der Waals surface area contributed by atoms with Crippen LogP contribution < -0.4 is 4.98 Å². The molecule has 0 aliphatic carbocycles. The van der Waals surface area contributed by atoms with Crippen LogP contribution in [0.3, 0.4) is 0 Å². The van der Waals surface area contributed by atoms with E-state index >= 15 is 0 Å². The summed E-state index contributed by atoms with van der Waals surface area (Å²) in [6.07, 6.45) is 4.00. The number of fused-ring (bicyclic) bond motifs is 3. The second kappa shape index (κ2) is 45.4. The van der Waals surface area contributed by atoms with Gasteiger partial charge in [-0.05, 0) is 108 Å². The molecule has 15 heteroatoms. The van der Waals surface area contributed by atoms with E-state index in [0.717, 1.165) is 95.4 Å². The van der Waals surface area contributed by atoms with Crippen molar-refractivity contribution >= 4 is 37.7 Å². The summed E-state index contributed by atoms with van der Waals surface area (Å²) >= 11 is 3.35. The summed E-state index contributed by atoms with van der Waals surface area (Å²) in [5.74, 6) is -0.757.